The first-order valence-electron chi connectivity index (χ1n) is 5.41. The van der Waals surface area contributed by atoms with Crippen LogP contribution in [-0.4, -0.2) is 15.8 Å². The molecule has 0 unspecified atom stereocenters. The second-order valence-electron chi connectivity index (χ2n) is 3.88. The summed E-state index contributed by atoms with van der Waals surface area (Å²) in [5, 5.41) is 0. The molecule has 0 aliphatic heterocycles. The lowest BCUT2D eigenvalue weighted by Gasteiger charge is -2.07. The molecule has 3 aromatic rings. The average molecular weight is 274 g/mol. The molecule has 2 heterocycles. The standard InChI is InChI=1S/C13H7FN2O2S/c14-9-1-3-10(4-2-9)16-12(18)8(6-17)5-11-13(16)19-7-15-11/h1-7H. The molecule has 0 atom stereocenters. The van der Waals surface area contributed by atoms with Crippen LogP contribution in [0, 0.1) is 5.82 Å². The summed E-state index contributed by atoms with van der Waals surface area (Å²) in [5.41, 5.74) is 2.26. The maximum absolute atomic E-state index is 12.9. The van der Waals surface area contributed by atoms with Crippen LogP contribution < -0.4 is 5.56 Å². The fraction of sp³-hybridized carbons (Fsp3) is 0. The van der Waals surface area contributed by atoms with Crippen molar-refractivity contribution in [3.8, 4) is 5.69 Å². The van der Waals surface area contributed by atoms with Crippen LogP contribution in [0.2, 0.25) is 0 Å². The van der Waals surface area contributed by atoms with Crippen molar-refractivity contribution in [1.82, 2.24) is 9.55 Å². The number of aldehydes is 1. The van der Waals surface area contributed by atoms with E-state index in [1.165, 1.54) is 46.2 Å². The predicted octanol–water partition coefficient (Wildman–Crippen LogP) is 2.40. The van der Waals surface area contributed by atoms with E-state index in [0.29, 0.717) is 22.3 Å². The molecule has 94 valence electrons. The molecule has 0 saturated heterocycles. The van der Waals surface area contributed by atoms with Crippen molar-refractivity contribution in [2.75, 3.05) is 0 Å². The predicted molar refractivity (Wildman–Crippen MR) is 70.6 cm³/mol. The van der Waals surface area contributed by atoms with E-state index in [2.05, 4.69) is 4.98 Å². The topological polar surface area (TPSA) is 52.0 Å². The lowest BCUT2D eigenvalue weighted by molar-refractivity contribution is 0.112. The van der Waals surface area contributed by atoms with Crippen molar-refractivity contribution in [3.63, 3.8) is 0 Å². The number of hydrogen-bond acceptors (Lipinski definition) is 4. The van der Waals surface area contributed by atoms with Crippen LogP contribution in [0.1, 0.15) is 10.4 Å². The largest absolute Gasteiger partial charge is 0.298 e. The quantitative estimate of drug-likeness (QED) is 0.674. The van der Waals surface area contributed by atoms with Gasteiger partial charge in [-0.25, -0.2) is 9.37 Å². The van der Waals surface area contributed by atoms with Gasteiger partial charge in [-0.05, 0) is 30.3 Å². The highest BCUT2D eigenvalue weighted by Crippen LogP contribution is 2.20. The molecule has 0 fully saturated rings. The van der Waals surface area contributed by atoms with Crippen LogP contribution in [0.3, 0.4) is 0 Å². The molecule has 2 aromatic heterocycles. The molecule has 0 amide bonds. The normalized spacial score (nSPS) is 10.8. The first-order chi connectivity index (χ1) is 9.20. The SMILES string of the molecule is O=Cc1cc2ncsc2n(-c2ccc(F)cc2)c1=O. The Hall–Kier alpha value is -2.34. The molecular formula is C13H7FN2O2S. The summed E-state index contributed by atoms with van der Waals surface area (Å²) in [4.78, 5) is 27.9. The fourth-order valence-electron chi connectivity index (χ4n) is 1.85. The zero-order chi connectivity index (χ0) is 13.4. The number of rotatable bonds is 2. The Bertz CT molecular complexity index is 821. The van der Waals surface area contributed by atoms with Gasteiger partial charge in [0.2, 0.25) is 0 Å². The maximum Gasteiger partial charge on any atom is 0.266 e. The van der Waals surface area contributed by atoms with Gasteiger partial charge < -0.3 is 0 Å². The van der Waals surface area contributed by atoms with E-state index in [4.69, 9.17) is 0 Å². The molecule has 6 heteroatoms. The Morgan fingerprint density at radius 1 is 1.26 bits per heavy atom. The van der Waals surface area contributed by atoms with Crippen LogP contribution in [-0.2, 0) is 0 Å². The number of aromatic nitrogens is 2. The van der Waals surface area contributed by atoms with Gasteiger partial charge in [-0.1, -0.05) is 0 Å². The van der Waals surface area contributed by atoms with E-state index in [9.17, 15) is 14.0 Å². The van der Waals surface area contributed by atoms with Gasteiger partial charge in [0.05, 0.1) is 22.3 Å². The minimum Gasteiger partial charge on any atom is -0.298 e. The van der Waals surface area contributed by atoms with Crippen molar-refractivity contribution < 1.29 is 9.18 Å². The Kier molecular flexibility index (Phi) is 2.72. The molecule has 0 bridgehead atoms. The lowest BCUT2D eigenvalue weighted by Crippen LogP contribution is -2.21. The van der Waals surface area contributed by atoms with Crippen molar-refractivity contribution in [2.45, 2.75) is 0 Å². The van der Waals surface area contributed by atoms with E-state index in [-0.39, 0.29) is 11.4 Å². The number of fused-ring (bicyclic) bond motifs is 1. The van der Waals surface area contributed by atoms with Crippen molar-refractivity contribution in [1.29, 1.82) is 0 Å². The smallest absolute Gasteiger partial charge is 0.266 e. The van der Waals surface area contributed by atoms with E-state index < -0.39 is 5.56 Å². The molecule has 1 aromatic carbocycles. The van der Waals surface area contributed by atoms with Gasteiger partial charge >= 0.3 is 0 Å². The highest BCUT2D eigenvalue weighted by Gasteiger charge is 2.12. The van der Waals surface area contributed by atoms with Crippen LogP contribution in [0.25, 0.3) is 16.0 Å². The minimum atomic E-state index is -0.432. The molecule has 0 radical (unpaired) electrons. The van der Waals surface area contributed by atoms with Crippen LogP contribution in [0.4, 0.5) is 4.39 Å². The second kappa shape index (κ2) is 4.40. The first-order valence-corrected chi connectivity index (χ1v) is 6.29. The number of halogens is 1. The molecule has 0 saturated carbocycles. The summed E-state index contributed by atoms with van der Waals surface area (Å²) in [6.07, 6.45) is 0.501. The average Bonchev–Trinajstić information content (AvgIpc) is 2.87. The first kappa shape index (κ1) is 11.7. The Morgan fingerprint density at radius 3 is 2.68 bits per heavy atom. The van der Waals surface area contributed by atoms with Crippen LogP contribution in [0.15, 0.2) is 40.6 Å². The number of carbonyl (C=O) groups excluding carboxylic acids is 1. The summed E-state index contributed by atoms with van der Waals surface area (Å²) in [6.45, 7) is 0. The number of benzene rings is 1. The van der Waals surface area contributed by atoms with E-state index >= 15 is 0 Å². The van der Waals surface area contributed by atoms with Crippen molar-refractivity contribution >= 4 is 28.0 Å². The molecule has 0 spiro atoms. The molecule has 0 aliphatic rings. The van der Waals surface area contributed by atoms with Crippen molar-refractivity contribution in [3.05, 3.63) is 57.6 Å². The summed E-state index contributed by atoms with van der Waals surface area (Å²) >= 11 is 1.29. The molecule has 0 N–H and O–H groups in total. The lowest BCUT2D eigenvalue weighted by atomic mass is 10.2. The highest BCUT2D eigenvalue weighted by atomic mass is 32.1. The molecule has 0 aliphatic carbocycles. The number of pyridine rings is 1. The van der Waals surface area contributed by atoms with Gasteiger partial charge in [-0.2, -0.15) is 0 Å². The number of hydrogen-bond donors (Lipinski definition) is 0. The summed E-state index contributed by atoms with van der Waals surface area (Å²) < 4.78 is 14.3. The van der Waals surface area contributed by atoms with Gasteiger partial charge in [-0.3, -0.25) is 14.2 Å². The number of carbonyl (C=O) groups is 1. The monoisotopic (exact) mass is 274 g/mol. The van der Waals surface area contributed by atoms with E-state index in [1.807, 2.05) is 0 Å². The zero-order valence-corrected chi connectivity index (χ0v) is 10.4. The summed E-state index contributed by atoms with van der Waals surface area (Å²) in [6, 6.07) is 6.97. The summed E-state index contributed by atoms with van der Waals surface area (Å²) in [5.74, 6) is -0.385. The van der Waals surface area contributed by atoms with Crippen LogP contribution in [0.5, 0.6) is 0 Å². The zero-order valence-electron chi connectivity index (χ0n) is 9.54. The Labute approximate surface area is 110 Å². The maximum atomic E-state index is 12.9. The molecule has 3 rings (SSSR count). The minimum absolute atomic E-state index is 0.0303. The van der Waals surface area contributed by atoms with Gasteiger partial charge in [0, 0.05) is 0 Å². The van der Waals surface area contributed by atoms with Gasteiger partial charge in [0.25, 0.3) is 5.56 Å². The van der Waals surface area contributed by atoms with Crippen molar-refractivity contribution in [2.24, 2.45) is 0 Å². The third kappa shape index (κ3) is 1.86. The number of nitrogens with zero attached hydrogens (tertiary/aromatic N) is 2. The third-order valence-corrected chi connectivity index (χ3v) is 3.56. The molecular weight excluding hydrogens is 267 g/mol. The second-order valence-corrected chi connectivity index (χ2v) is 4.71. The van der Waals surface area contributed by atoms with Gasteiger partial charge in [0.15, 0.2) is 6.29 Å². The molecule has 4 nitrogen and oxygen atoms in total. The van der Waals surface area contributed by atoms with Gasteiger partial charge in [0.1, 0.15) is 10.6 Å². The van der Waals surface area contributed by atoms with Gasteiger partial charge in [-0.15, -0.1) is 11.3 Å². The van der Waals surface area contributed by atoms with E-state index in [0.717, 1.165) is 0 Å². The highest BCUT2D eigenvalue weighted by molar-refractivity contribution is 7.16. The summed E-state index contributed by atoms with van der Waals surface area (Å²) in [7, 11) is 0. The molecule has 19 heavy (non-hydrogen) atoms. The Morgan fingerprint density at radius 2 is 2.00 bits per heavy atom. The third-order valence-electron chi connectivity index (χ3n) is 2.73. The van der Waals surface area contributed by atoms with E-state index in [1.54, 1.807) is 5.51 Å². The number of thiazole rings is 1. The fourth-order valence-corrected chi connectivity index (χ4v) is 2.65. The van der Waals surface area contributed by atoms with Crippen LogP contribution >= 0.6 is 11.3 Å². The Balaban J connectivity index is 2.41.